The van der Waals surface area contributed by atoms with Crippen molar-refractivity contribution in [3.8, 4) is 5.75 Å². The van der Waals surface area contributed by atoms with Crippen LogP contribution >= 0.6 is 11.6 Å². The third-order valence-electron chi connectivity index (χ3n) is 4.28. The first-order valence-electron chi connectivity index (χ1n) is 9.13. The Bertz CT molecular complexity index is 928. The van der Waals surface area contributed by atoms with E-state index in [-0.39, 0.29) is 28.2 Å². The molecule has 0 atom stereocenters. The number of aryl methyl sites for hydroxylation is 1. The number of sulfonamides is 1. The summed E-state index contributed by atoms with van der Waals surface area (Å²) in [7, 11) is -3.61. The van der Waals surface area contributed by atoms with Gasteiger partial charge in [-0.1, -0.05) is 50.6 Å². The van der Waals surface area contributed by atoms with Crippen molar-refractivity contribution in [3.05, 3.63) is 53.1 Å². The van der Waals surface area contributed by atoms with Gasteiger partial charge in [0.1, 0.15) is 5.75 Å². The van der Waals surface area contributed by atoms with Gasteiger partial charge < -0.3 is 10.1 Å². The van der Waals surface area contributed by atoms with Crippen molar-refractivity contribution < 1.29 is 17.9 Å². The lowest BCUT2D eigenvalue weighted by Gasteiger charge is -2.19. The number of nitrogens with zero attached hydrogens (tertiary/aromatic N) is 1. The predicted octanol–water partition coefficient (Wildman–Crippen LogP) is 3.95. The molecular formula is C20H25ClN2O4S. The predicted molar refractivity (Wildman–Crippen MR) is 112 cm³/mol. The maximum absolute atomic E-state index is 12.5. The van der Waals surface area contributed by atoms with E-state index in [9.17, 15) is 13.2 Å². The fourth-order valence-corrected chi connectivity index (χ4v) is 4.54. The molecule has 1 amide bonds. The fraction of sp³-hybridized carbons (Fsp3) is 0.350. The summed E-state index contributed by atoms with van der Waals surface area (Å²) < 4.78 is 31.9. The molecule has 28 heavy (non-hydrogen) atoms. The molecule has 0 aromatic heterocycles. The molecule has 0 fully saturated rings. The van der Waals surface area contributed by atoms with Crippen LogP contribution in [-0.2, 0) is 21.2 Å². The third-order valence-corrected chi connectivity index (χ3v) is 6.62. The van der Waals surface area contributed by atoms with E-state index in [0.717, 1.165) is 17.7 Å². The summed E-state index contributed by atoms with van der Waals surface area (Å²) in [6.07, 6.45) is 0.797. The van der Waals surface area contributed by atoms with E-state index in [0.29, 0.717) is 13.1 Å². The number of rotatable bonds is 9. The van der Waals surface area contributed by atoms with E-state index in [4.69, 9.17) is 16.3 Å². The summed E-state index contributed by atoms with van der Waals surface area (Å²) in [5.41, 5.74) is 1.77. The second kappa shape index (κ2) is 9.91. The first kappa shape index (κ1) is 22.2. The molecule has 0 aliphatic carbocycles. The average molecular weight is 425 g/mol. The van der Waals surface area contributed by atoms with Gasteiger partial charge in [-0.3, -0.25) is 4.79 Å². The molecule has 152 valence electrons. The molecule has 8 heteroatoms. The number of anilines is 1. The molecule has 0 saturated heterocycles. The Morgan fingerprint density at radius 2 is 1.79 bits per heavy atom. The highest BCUT2D eigenvalue weighted by Gasteiger charge is 2.22. The van der Waals surface area contributed by atoms with E-state index >= 15 is 0 Å². The van der Waals surface area contributed by atoms with Gasteiger partial charge in [-0.25, -0.2) is 8.42 Å². The molecule has 0 heterocycles. The van der Waals surface area contributed by atoms with E-state index in [1.165, 1.54) is 22.5 Å². The van der Waals surface area contributed by atoms with Gasteiger partial charge in [0.15, 0.2) is 6.61 Å². The summed E-state index contributed by atoms with van der Waals surface area (Å²) >= 11 is 6.18. The van der Waals surface area contributed by atoms with Gasteiger partial charge in [0.25, 0.3) is 5.91 Å². The summed E-state index contributed by atoms with van der Waals surface area (Å²) in [6.45, 7) is 6.06. The fourth-order valence-electron chi connectivity index (χ4n) is 2.75. The average Bonchev–Trinajstić information content (AvgIpc) is 2.68. The Morgan fingerprint density at radius 3 is 2.39 bits per heavy atom. The molecule has 1 N–H and O–H groups in total. The lowest BCUT2D eigenvalue weighted by molar-refractivity contribution is -0.118. The second-order valence-corrected chi connectivity index (χ2v) is 8.37. The second-order valence-electron chi connectivity index (χ2n) is 6.03. The van der Waals surface area contributed by atoms with Crippen molar-refractivity contribution in [3.63, 3.8) is 0 Å². The molecule has 2 rings (SSSR count). The van der Waals surface area contributed by atoms with Crippen molar-refractivity contribution in [1.29, 1.82) is 0 Å². The molecule has 0 bridgehead atoms. The Balaban J connectivity index is 2.06. The maximum atomic E-state index is 12.5. The highest BCUT2D eigenvalue weighted by Crippen LogP contribution is 2.28. The molecule has 0 aliphatic heterocycles. The molecule has 0 spiro atoms. The van der Waals surface area contributed by atoms with Crippen molar-refractivity contribution in [2.24, 2.45) is 0 Å². The van der Waals surface area contributed by atoms with E-state index in [1.54, 1.807) is 13.8 Å². The number of hydrogen-bond donors (Lipinski definition) is 1. The molecule has 6 nitrogen and oxygen atoms in total. The van der Waals surface area contributed by atoms with Gasteiger partial charge >= 0.3 is 0 Å². The Labute approximate surface area is 171 Å². The summed E-state index contributed by atoms with van der Waals surface area (Å²) in [4.78, 5) is 12.3. The van der Waals surface area contributed by atoms with Gasteiger partial charge in [0, 0.05) is 18.8 Å². The number of amides is 1. The minimum atomic E-state index is -3.61. The minimum absolute atomic E-state index is 0.0925. The summed E-state index contributed by atoms with van der Waals surface area (Å²) in [5, 5.41) is 2.94. The zero-order valence-electron chi connectivity index (χ0n) is 16.2. The highest BCUT2D eigenvalue weighted by molar-refractivity contribution is 7.89. The minimum Gasteiger partial charge on any atom is -0.482 e. The van der Waals surface area contributed by atoms with Crippen LogP contribution in [0.25, 0.3) is 0 Å². The number of carbonyl (C=O) groups excluding carboxylic acids is 1. The third kappa shape index (κ3) is 5.25. The van der Waals surface area contributed by atoms with Crippen LogP contribution in [0.1, 0.15) is 26.3 Å². The Kier molecular flexibility index (Phi) is 7.86. The van der Waals surface area contributed by atoms with Crippen LogP contribution in [0.5, 0.6) is 5.75 Å². The van der Waals surface area contributed by atoms with Gasteiger partial charge in [-0.15, -0.1) is 0 Å². The number of carbonyl (C=O) groups is 1. The molecule has 0 saturated carbocycles. The Hall–Kier alpha value is -2.09. The molecule has 0 aliphatic rings. The van der Waals surface area contributed by atoms with Crippen LogP contribution < -0.4 is 10.1 Å². The van der Waals surface area contributed by atoms with Crippen molar-refractivity contribution >= 4 is 33.2 Å². The first-order valence-corrected chi connectivity index (χ1v) is 11.0. The van der Waals surface area contributed by atoms with E-state index in [1.807, 2.05) is 31.2 Å². The van der Waals surface area contributed by atoms with Crippen molar-refractivity contribution in [2.45, 2.75) is 32.1 Å². The van der Waals surface area contributed by atoms with Gasteiger partial charge in [-0.2, -0.15) is 4.31 Å². The standard InChI is InChI=1S/C20H25ClN2O4S/c1-4-15-9-7-8-10-18(15)22-20(24)14-27-19-12-11-16(13-17(19)21)28(25,26)23(5-2)6-3/h7-13H,4-6,14H2,1-3H3,(H,22,24). The number of para-hydroxylation sites is 1. The molecule has 2 aromatic carbocycles. The van der Waals surface area contributed by atoms with Gasteiger partial charge in [0.05, 0.1) is 9.92 Å². The lowest BCUT2D eigenvalue weighted by Crippen LogP contribution is -2.30. The lowest BCUT2D eigenvalue weighted by atomic mass is 10.1. The van der Waals surface area contributed by atoms with E-state index < -0.39 is 10.0 Å². The van der Waals surface area contributed by atoms with E-state index in [2.05, 4.69) is 5.32 Å². The van der Waals surface area contributed by atoms with Crippen LogP contribution in [0.4, 0.5) is 5.69 Å². The Morgan fingerprint density at radius 1 is 1.11 bits per heavy atom. The molecular weight excluding hydrogens is 400 g/mol. The van der Waals surface area contributed by atoms with Crippen LogP contribution in [0.3, 0.4) is 0 Å². The zero-order chi connectivity index (χ0) is 20.7. The number of halogens is 1. The van der Waals surface area contributed by atoms with Crippen LogP contribution in [0.15, 0.2) is 47.4 Å². The number of benzene rings is 2. The molecule has 0 unspecified atom stereocenters. The quantitative estimate of drug-likeness (QED) is 0.661. The van der Waals surface area contributed by atoms with Crippen molar-refractivity contribution in [2.75, 3.05) is 25.0 Å². The molecule has 0 radical (unpaired) electrons. The normalized spacial score (nSPS) is 11.5. The maximum Gasteiger partial charge on any atom is 0.262 e. The summed E-state index contributed by atoms with van der Waals surface area (Å²) in [5.74, 6) is -0.0732. The first-order chi connectivity index (χ1) is 13.3. The number of nitrogens with one attached hydrogen (secondary N) is 1. The SMILES string of the molecule is CCc1ccccc1NC(=O)COc1ccc(S(=O)(=O)N(CC)CC)cc1Cl. The van der Waals surface area contributed by atoms with Gasteiger partial charge in [-0.05, 0) is 36.2 Å². The van der Waals surface area contributed by atoms with Crippen LogP contribution in [-0.4, -0.2) is 38.3 Å². The zero-order valence-corrected chi connectivity index (χ0v) is 17.8. The smallest absolute Gasteiger partial charge is 0.262 e. The van der Waals surface area contributed by atoms with Crippen LogP contribution in [0.2, 0.25) is 5.02 Å². The van der Waals surface area contributed by atoms with Gasteiger partial charge in [0.2, 0.25) is 10.0 Å². The summed E-state index contributed by atoms with van der Waals surface area (Å²) in [6, 6.07) is 11.8. The molecule has 2 aromatic rings. The van der Waals surface area contributed by atoms with Crippen molar-refractivity contribution in [1.82, 2.24) is 4.31 Å². The highest BCUT2D eigenvalue weighted by atomic mass is 35.5. The topological polar surface area (TPSA) is 75.7 Å². The number of hydrogen-bond acceptors (Lipinski definition) is 4. The largest absolute Gasteiger partial charge is 0.482 e. The number of ether oxygens (including phenoxy) is 1. The van der Waals surface area contributed by atoms with Crippen LogP contribution in [0, 0.1) is 0 Å². The monoisotopic (exact) mass is 424 g/mol.